The van der Waals surface area contributed by atoms with Crippen LogP contribution in [0.4, 0.5) is 31.7 Å². The number of carbonyl (C=O) groups excluding carboxylic acids is 1. The lowest BCUT2D eigenvalue weighted by Crippen LogP contribution is -2.43. The topological polar surface area (TPSA) is 94.6 Å². The highest BCUT2D eigenvalue weighted by Gasteiger charge is 2.60. The second-order valence-electron chi connectivity index (χ2n) is 11.5. The first-order valence-corrected chi connectivity index (χ1v) is 15.5. The number of hydrogen-bond acceptors (Lipinski definition) is 6. The maximum Gasteiger partial charge on any atom is 0.255 e. The SMILES string of the molecule is CCS(=O)(=O)Nc1ccc(NC(=O)c2ccnc(N3CCC(F)(F)CC3)c2)c(N2C[C@H]3CC[C@@H](C2)C32CC2)c1. The van der Waals surface area contributed by atoms with Gasteiger partial charge >= 0.3 is 0 Å². The van der Waals surface area contributed by atoms with Crippen molar-refractivity contribution in [3.05, 3.63) is 42.1 Å². The van der Waals surface area contributed by atoms with E-state index in [1.54, 1.807) is 36.1 Å². The summed E-state index contributed by atoms with van der Waals surface area (Å²) >= 11 is 0. The first kappa shape index (κ1) is 26.3. The number of halogens is 2. The highest BCUT2D eigenvalue weighted by molar-refractivity contribution is 7.92. The number of amides is 1. The maximum absolute atomic E-state index is 13.6. The van der Waals surface area contributed by atoms with E-state index in [1.807, 2.05) is 6.07 Å². The number of nitrogens with zero attached hydrogens (tertiary/aromatic N) is 3. The third kappa shape index (κ3) is 5.17. The number of benzene rings is 1. The maximum atomic E-state index is 13.6. The molecule has 8 nitrogen and oxygen atoms in total. The number of hydrogen-bond donors (Lipinski definition) is 2. The minimum absolute atomic E-state index is 0.0315. The van der Waals surface area contributed by atoms with E-state index < -0.39 is 15.9 Å². The van der Waals surface area contributed by atoms with Gasteiger partial charge in [-0.2, -0.15) is 0 Å². The molecule has 4 aliphatic rings. The van der Waals surface area contributed by atoms with Crippen LogP contribution in [0.5, 0.6) is 0 Å². The lowest BCUT2D eigenvalue weighted by molar-refractivity contribution is -0.0221. The van der Waals surface area contributed by atoms with Crippen molar-refractivity contribution >= 4 is 38.8 Å². The zero-order chi connectivity index (χ0) is 27.4. The molecule has 2 aromatic rings. The standard InChI is InChI=1S/C28H35F2N5O3S/c1-2-39(37,38)33-22-5-6-23(24(16-22)35-17-20-3-4-21(18-35)27(20)8-9-27)32-26(36)19-7-12-31-25(15-19)34-13-10-28(29,30)11-14-34/h5-7,12,15-16,20-21,33H,2-4,8-11,13-14,17-18H2,1H3,(H,32,36)/t20-,21+. The monoisotopic (exact) mass is 559 g/mol. The van der Waals surface area contributed by atoms with Crippen LogP contribution in [0.1, 0.15) is 55.8 Å². The van der Waals surface area contributed by atoms with E-state index in [0.29, 0.717) is 40.0 Å². The van der Waals surface area contributed by atoms with Crippen molar-refractivity contribution in [1.29, 1.82) is 0 Å². The van der Waals surface area contributed by atoms with Gasteiger partial charge in [0.1, 0.15) is 5.82 Å². The fourth-order valence-corrected chi connectivity index (χ4v) is 7.46. The first-order valence-electron chi connectivity index (χ1n) is 13.9. The van der Waals surface area contributed by atoms with Gasteiger partial charge in [0.05, 0.1) is 22.8 Å². The highest BCUT2D eigenvalue weighted by Crippen LogP contribution is 2.66. The molecule has 2 N–H and O–H groups in total. The molecule has 2 atom stereocenters. The van der Waals surface area contributed by atoms with Crippen molar-refractivity contribution in [3.63, 3.8) is 0 Å². The molecule has 39 heavy (non-hydrogen) atoms. The highest BCUT2D eigenvalue weighted by atomic mass is 32.2. The van der Waals surface area contributed by atoms with Gasteiger partial charge < -0.3 is 15.1 Å². The first-order chi connectivity index (χ1) is 18.6. The molecule has 1 amide bonds. The molecule has 4 fully saturated rings. The predicted molar refractivity (Wildman–Crippen MR) is 148 cm³/mol. The quantitative estimate of drug-likeness (QED) is 0.498. The number of pyridine rings is 1. The summed E-state index contributed by atoms with van der Waals surface area (Å²) in [5.41, 5.74) is 2.76. The number of sulfonamides is 1. The summed E-state index contributed by atoms with van der Waals surface area (Å²) in [5, 5.41) is 3.03. The van der Waals surface area contributed by atoms with Gasteiger partial charge in [-0.15, -0.1) is 0 Å². The minimum Gasteiger partial charge on any atom is -0.369 e. The van der Waals surface area contributed by atoms with Crippen LogP contribution < -0.4 is 19.8 Å². The van der Waals surface area contributed by atoms with E-state index in [9.17, 15) is 22.0 Å². The molecule has 2 aliphatic heterocycles. The Kier molecular flexibility index (Phi) is 6.47. The zero-order valence-electron chi connectivity index (χ0n) is 22.1. The number of aromatic nitrogens is 1. The summed E-state index contributed by atoms with van der Waals surface area (Å²) in [6.45, 7) is 3.74. The molecule has 1 aromatic heterocycles. The molecule has 0 unspecified atom stereocenters. The fourth-order valence-electron chi connectivity index (χ4n) is 6.83. The van der Waals surface area contributed by atoms with Gasteiger partial charge in [-0.1, -0.05) is 0 Å². The Hall–Kier alpha value is -2.95. The Morgan fingerprint density at radius 1 is 1.03 bits per heavy atom. The van der Waals surface area contributed by atoms with Crippen LogP contribution in [0.25, 0.3) is 0 Å². The molecule has 1 aromatic carbocycles. The van der Waals surface area contributed by atoms with E-state index in [1.165, 1.54) is 31.9 Å². The van der Waals surface area contributed by atoms with Crippen molar-refractivity contribution < 1.29 is 22.0 Å². The summed E-state index contributed by atoms with van der Waals surface area (Å²) in [5.74, 6) is -1.28. The normalized spacial score (nSPS) is 25.0. The van der Waals surface area contributed by atoms with E-state index in [0.717, 1.165) is 18.8 Å². The van der Waals surface area contributed by atoms with Crippen molar-refractivity contribution in [2.45, 2.75) is 51.4 Å². The third-order valence-corrected chi connectivity index (χ3v) is 10.6. The van der Waals surface area contributed by atoms with Crippen LogP contribution in [-0.2, 0) is 10.0 Å². The van der Waals surface area contributed by atoms with Crippen LogP contribution in [0, 0.1) is 17.3 Å². The molecule has 1 spiro atoms. The Morgan fingerprint density at radius 3 is 2.36 bits per heavy atom. The average Bonchev–Trinajstić information content (AvgIpc) is 3.67. The Balaban J connectivity index is 1.25. The van der Waals surface area contributed by atoms with Crippen molar-refractivity contribution in [2.24, 2.45) is 17.3 Å². The lowest BCUT2D eigenvalue weighted by Gasteiger charge is -2.40. The Bertz CT molecular complexity index is 1360. The number of nitrogens with one attached hydrogen (secondary N) is 2. The largest absolute Gasteiger partial charge is 0.369 e. The Morgan fingerprint density at radius 2 is 1.72 bits per heavy atom. The summed E-state index contributed by atoms with van der Waals surface area (Å²) in [7, 11) is -3.45. The van der Waals surface area contributed by atoms with E-state index >= 15 is 0 Å². The molecular formula is C28H35F2N5O3S. The predicted octanol–water partition coefficient (Wildman–Crippen LogP) is 4.96. The molecule has 6 rings (SSSR count). The van der Waals surface area contributed by atoms with Gasteiger partial charge in [0.2, 0.25) is 10.0 Å². The van der Waals surface area contributed by atoms with Crippen molar-refractivity contribution in [3.8, 4) is 0 Å². The van der Waals surface area contributed by atoms with Crippen LogP contribution >= 0.6 is 0 Å². The third-order valence-electron chi connectivity index (χ3n) is 9.27. The number of carbonyl (C=O) groups is 1. The van der Waals surface area contributed by atoms with Gasteiger partial charge in [0.25, 0.3) is 11.8 Å². The zero-order valence-corrected chi connectivity index (χ0v) is 22.9. The molecule has 2 saturated carbocycles. The van der Waals surface area contributed by atoms with E-state index in [-0.39, 0.29) is 37.6 Å². The smallest absolute Gasteiger partial charge is 0.255 e. The molecule has 11 heteroatoms. The van der Waals surface area contributed by atoms with E-state index in [2.05, 4.69) is 19.9 Å². The average molecular weight is 560 g/mol. The van der Waals surface area contributed by atoms with Gasteiger partial charge in [-0.25, -0.2) is 22.2 Å². The molecule has 0 radical (unpaired) electrons. The van der Waals surface area contributed by atoms with Crippen molar-refractivity contribution in [1.82, 2.24) is 4.98 Å². The molecule has 2 saturated heterocycles. The number of alkyl halides is 2. The summed E-state index contributed by atoms with van der Waals surface area (Å²) < 4.78 is 54.4. The second kappa shape index (κ2) is 9.60. The molecule has 2 aliphatic carbocycles. The Labute approximate surface area is 228 Å². The molecular weight excluding hydrogens is 524 g/mol. The van der Waals surface area contributed by atoms with Crippen LogP contribution in [0.2, 0.25) is 0 Å². The van der Waals surface area contributed by atoms with Crippen LogP contribution in [-0.4, -0.2) is 57.2 Å². The van der Waals surface area contributed by atoms with Crippen molar-refractivity contribution in [2.75, 3.05) is 51.8 Å². The summed E-state index contributed by atoms with van der Waals surface area (Å²) in [4.78, 5) is 21.8. The van der Waals surface area contributed by atoms with Crippen LogP contribution in [0.3, 0.4) is 0 Å². The summed E-state index contributed by atoms with van der Waals surface area (Å²) in [6.07, 6.45) is 6.09. The van der Waals surface area contributed by atoms with Gasteiger partial charge in [-0.05, 0) is 80.2 Å². The molecule has 2 bridgehead atoms. The fraction of sp³-hybridized carbons (Fsp3) is 0.571. The number of anilines is 4. The second-order valence-corrected chi connectivity index (χ2v) is 13.6. The molecule has 3 heterocycles. The minimum atomic E-state index is -3.45. The van der Waals surface area contributed by atoms with Gasteiger partial charge in [0.15, 0.2) is 0 Å². The lowest BCUT2D eigenvalue weighted by atomic mass is 9.81. The molecule has 210 valence electrons. The van der Waals surface area contributed by atoms with E-state index in [4.69, 9.17) is 0 Å². The number of piperidine rings is 2. The number of rotatable bonds is 7. The summed E-state index contributed by atoms with van der Waals surface area (Å²) in [6, 6.07) is 8.48. The van der Waals surface area contributed by atoms with Crippen LogP contribution in [0.15, 0.2) is 36.5 Å². The van der Waals surface area contributed by atoms with Gasteiger partial charge in [0, 0.05) is 50.8 Å². The van der Waals surface area contributed by atoms with Gasteiger partial charge in [-0.3, -0.25) is 9.52 Å².